The van der Waals surface area contributed by atoms with Crippen LogP contribution in [-0.2, 0) is 0 Å². The SMILES string of the molecule is CC(C)N(C)C(=O)n1ccc(N)n1. The van der Waals surface area contributed by atoms with E-state index in [1.807, 2.05) is 13.8 Å². The molecule has 0 aliphatic heterocycles. The van der Waals surface area contributed by atoms with Crippen LogP contribution in [0.4, 0.5) is 10.6 Å². The summed E-state index contributed by atoms with van der Waals surface area (Å²) in [5.41, 5.74) is 5.39. The summed E-state index contributed by atoms with van der Waals surface area (Å²) < 4.78 is 1.23. The minimum absolute atomic E-state index is 0.151. The van der Waals surface area contributed by atoms with E-state index in [0.29, 0.717) is 5.82 Å². The normalized spacial score (nSPS) is 10.5. The Balaban J connectivity index is 2.79. The summed E-state index contributed by atoms with van der Waals surface area (Å²) in [4.78, 5) is 13.2. The Bertz CT molecular complexity index is 305. The molecular formula is C8H14N4O. The fraction of sp³-hybridized carbons (Fsp3) is 0.500. The molecule has 0 unspecified atom stereocenters. The van der Waals surface area contributed by atoms with E-state index in [-0.39, 0.29) is 12.1 Å². The van der Waals surface area contributed by atoms with E-state index in [4.69, 9.17) is 5.73 Å². The highest BCUT2D eigenvalue weighted by molar-refractivity contribution is 5.76. The Morgan fingerprint density at radius 3 is 2.69 bits per heavy atom. The molecular weight excluding hydrogens is 168 g/mol. The zero-order chi connectivity index (χ0) is 10.0. The largest absolute Gasteiger partial charge is 0.382 e. The van der Waals surface area contributed by atoms with Crippen LogP contribution in [0.2, 0.25) is 0 Å². The molecule has 72 valence electrons. The highest BCUT2D eigenvalue weighted by Crippen LogP contribution is 2.01. The van der Waals surface area contributed by atoms with Crippen LogP contribution in [0.15, 0.2) is 12.3 Å². The van der Waals surface area contributed by atoms with Crippen molar-refractivity contribution in [1.82, 2.24) is 14.7 Å². The number of nitrogens with two attached hydrogens (primary N) is 1. The molecule has 0 aromatic carbocycles. The molecule has 1 heterocycles. The predicted octanol–water partition coefficient (Wildman–Crippen LogP) is 0.774. The van der Waals surface area contributed by atoms with Gasteiger partial charge in [0, 0.05) is 25.4 Å². The number of aromatic nitrogens is 2. The number of nitrogen functional groups attached to an aromatic ring is 1. The third-order valence-electron chi connectivity index (χ3n) is 1.88. The second kappa shape index (κ2) is 3.47. The quantitative estimate of drug-likeness (QED) is 0.697. The van der Waals surface area contributed by atoms with Crippen LogP contribution in [0.3, 0.4) is 0 Å². The number of anilines is 1. The first-order chi connectivity index (χ1) is 6.02. The minimum atomic E-state index is -0.174. The Morgan fingerprint density at radius 2 is 2.31 bits per heavy atom. The highest BCUT2D eigenvalue weighted by atomic mass is 16.2. The van der Waals surface area contributed by atoms with Crippen molar-refractivity contribution in [3.63, 3.8) is 0 Å². The molecule has 1 rings (SSSR count). The second-order valence-electron chi connectivity index (χ2n) is 3.17. The van der Waals surface area contributed by atoms with Crippen LogP contribution >= 0.6 is 0 Å². The first-order valence-electron chi connectivity index (χ1n) is 4.10. The molecule has 0 aliphatic rings. The van der Waals surface area contributed by atoms with Crippen molar-refractivity contribution in [2.24, 2.45) is 0 Å². The second-order valence-corrected chi connectivity index (χ2v) is 3.17. The van der Waals surface area contributed by atoms with Gasteiger partial charge in [-0.25, -0.2) is 4.79 Å². The lowest BCUT2D eigenvalue weighted by Crippen LogP contribution is -2.36. The van der Waals surface area contributed by atoms with Crippen molar-refractivity contribution in [3.8, 4) is 0 Å². The molecule has 2 N–H and O–H groups in total. The topological polar surface area (TPSA) is 64.2 Å². The molecule has 13 heavy (non-hydrogen) atoms. The van der Waals surface area contributed by atoms with Gasteiger partial charge in [0.1, 0.15) is 5.82 Å². The van der Waals surface area contributed by atoms with Crippen LogP contribution < -0.4 is 5.73 Å². The molecule has 0 spiro atoms. The van der Waals surface area contributed by atoms with Crippen LogP contribution in [0.25, 0.3) is 0 Å². The lowest BCUT2D eigenvalue weighted by molar-refractivity contribution is 0.196. The monoisotopic (exact) mass is 182 g/mol. The number of hydrogen-bond acceptors (Lipinski definition) is 3. The molecule has 0 bridgehead atoms. The molecule has 1 aromatic heterocycles. The Kier molecular flexibility index (Phi) is 2.55. The highest BCUT2D eigenvalue weighted by Gasteiger charge is 2.14. The lowest BCUT2D eigenvalue weighted by atomic mass is 10.4. The van der Waals surface area contributed by atoms with Gasteiger partial charge in [0.15, 0.2) is 0 Å². The van der Waals surface area contributed by atoms with E-state index >= 15 is 0 Å². The van der Waals surface area contributed by atoms with Gasteiger partial charge >= 0.3 is 6.03 Å². The van der Waals surface area contributed by atoms with Crippen molar-refractivity contribution in [1.29, 1.82) is 0 Å². The van der Waals surface area contributed by atoms with Gasteiger partial charge in [-0.15, -0.1) is 5.10 Å². The van der Waals surface area contributed by atoms with Crippen LogP contribution in [0.5, 0.6) is 0 Å². The van der Waals surface area contributed by atoms with Crippen molar-refractivity contribution in [3.05, 3.63) is 12.3 Å². The number of amides is 1. The predicted molar refractivity (Wildman–Crippen MR) is 50.3 cm³/mol. The molecule has 0 radical (unpaired) electrons. The van der Waals surface area contributed by atoms with E-state index in [9.17, 15) is 4.79 Å². The van der Waals surface area contributed by atoms with Crippen LogP contribution in [0, 0.1) is 0 Å². The Labute approximate surface area is 77.1 Å². The average Bonchev–Trinajstić information content (AvgIpc) is 2.49. The van der Waals surface area contributed by atoms with Gasteiger partial charge in [-0.1, -0.05) is 0 Å². The molecule has 0 atom stereocenters. The molecule has 0 saturated carbocycles. The number of hydrogen-bond donors (Lipinski definition) is 1. The molecule has 0 saturated heterocycles. The molecule has 5 heteroatoms. The van der Waals surface area contributed by atoms with Gasteiger partial charge in [-0.2, -0.15) is 4.68 Å². The van der Waals surface area contributed by atoms with Gasteiger partial charge < -0.3 is 10.6 Å². The van der Waals surface area contributed by atoms with Gasteiger partial charge in [0.05, 0.1) is 0 Å². The van der Waals surface area contributed by atoms with Crippen molar-refractivity contribution in [2.75, 3.05) is 12.8 Å². The van der Waals surface area contributed by atoms with E-state index in [2.05, 4.69) is 5.10 Å². The summed E-state index contributed by atoms with van der Waals surface area (Å²) in [6, 6.07) is 1.57. The molecule has 0 aliphatic carbocycles. The van der Waals surface area contributed by atoms with E-state index in [1.165, 1.54) is 4.68 Å². The van der Waals surface area contributed by atoms with Gasteiger partial charge in [0.2, 0.25) is 0 Å². The number of nitrogens with zero attached hydrogens (tertiary/aromatic N) is 3. The first-order valence-corrected chi connectivity index (χ1v) is 4.10. The molecule has 1 aromatic rings. The van der Waals surface area contributed by atoms with Gasteiger partial charge in [0.25, 0.3) is 0 Å². The van der Waals surface area contributed by atoms with E-state index < -0.39 is 0 Å². The Hall–Kier alpha value is -1.52. The summed E-state index contributed by atoms with van der Waals surface area (Å²) in [5, 5.41) is 3.82. The Morgan fingerprint density at radius 1 is 1.69 bits per heavy atom. The zero-order valence-corrected chi connectivity index (χ0v) is 8.06. The van der Waals surface area contributed by atoms with Gasteiger partial charge in [-0.3, -0.25) is 0 Å². The van der Waals surface area contributed by atoms with E-state index in [1.54, 1.807) is 24.2 Å². The van der Waals surface area contributed by atoms with Crippen LogP contribution in [-0.4, -0.2) is 33.8 Å². The maximum absolute atomic E-state index is 11.6. The molecule has 0 fully saturated rings. The molecule has 5 nitrogen and oxygen atoms in total. The number of rotatable bonds is 1. The first kappa shape index (κ1) is 9.57. The third kappa shape index (κ3) is 1.99. The van der Waals surface area contributed by atoms with Crippen LogP contribution in [0.1, 0.15) is 13.8 Å². The summed E-state index contributed by atoms with van der Waals surface area (Å²) in [7, 11) is 1.73. The maximum Gasteiger partial charge on any atom is 0.344 e. The summed E-state index contributed by atoms with van der Waals surface area (Å²) in [6.07, 6.45) is 1.55. The van der Waals surface area contributed by atoms with E-state index in [0.717, 1.165) is 0 Å². The number of carbonyl (C=O) groups excluding carboxylic acids is 1. The number of carbonyl (C=O) groups is 1. The molecule has 1 amide bonds. The van der Waals surface area contributed by atoms with Crippen molar-refractivity contribution in [2.45, 2.75) is 19.9 Å². The maximum atomic E-state index is 11.6. The lowest BCUT2D eigenvalue weighted by Gasteiger charge is -2.20. The smallest absolute Gasteiger partial charge is 0.344 e. The fourth-order valence-corrected chi connectivity index (χ4v) is 0.827. The van der Waals surface area contributed by atoms with Crippen molar-refractivity contribution >= 4 is 11.8 Å². The third-order valence-corrected chi connectivity index (χ3v) is 1.88. The fourth-order valence-electron chi connectivity index (χ4n) is 0.827. The summed E-state index contributed by atoms with van der Waals surface area (Å²) in [6.45, 7) is 3.87. The summed E-state index contributed by atoms with van der Waals surface area (Å²) in [5.74, 6) is 0.352. The minimum Gasteiger partial charge on any atom is -0.382 e. The van der Waals surface area contributed by atoms with Gasteiger partial charge in [-0.05, 0) is 13.8 Å². The van der Waals surface area contributed by atoms with Crippen molar-refractivity contribution < 1.29 is 4.79 Å². The standard InChI is InChI=1S/C8H14N4O/c1-6(2)11(3)8(13)12-5-4-7(9)10-12/h4-6H,1-3H3,(H2,9,10). The average molecular weight is 182 g/mol. The zero-order valence-electron chi connectivity index (χ0n) is 8.06. The summed E-state index contributed by atoms with van der Waals surface area (Å²) >= 11 is 0.